The molecule has 2 rings (SSSR count). The first-order chi connectivity index (χ1) is 12.1. The number of carbonyl (C=O) groups excluding carboxylic acids is 1. The third-order valence-corrected chi connectivity index (χ3v) is 8.30. The largest absolute Gasteiger partial charge is 0.392 e. The van der Waals surface area contributed by atoms with Crippen LogP contribution in [0, 0.1) is 28.6 Å². The zero-order valence-corrected chi connectivity index (χ0v) is 17.7. The summed E-state index contributed by atoms with van der Waals surface area (Å²) < 4.78 is 0. The smallest absolute Gasteiger partial charge is 0.190 e. The van der Waals surface area contributed by atoms with E-state index in [0.29, 0.717) is 11.1 Å². The van der Waals surface area contributed by atoms with Crippen LogP contribution in [0.15, 0.2) is 23.8 Å². The third kappa shape index (κ3) is 2.78. The number of hydrogen-bond acceptors (Lipinski definition) is 5. The van der Waals surface area contributed by atoms with Gasteiger partial charge in [-0.3, -0.25) is 4.79 Å². The molecule has 27 heavy (non-hydrogen) atoms. The molecule has 5 heteroatoms. The molecule has 0 unspecified atom stereocenters. The Kier molecular flexibility index (Phi) is 5.38. The van der Waals surface area contributed by atoms with Gasteiger partial charge in [0.05, 0.1) is 18.3 Å². The number of aliphatic hydroxyl groups is 4. The van der Waals surface area contributed by atoms with Crippen molar-refractivity contribution in [3.63, 3.8) is 0 Å². The molecule has 154 valence electrons. The Hall–Kier alpha value is -1.01. The average molecular weight is 381 g/mol. The van der Waals surface area contributed by atoms with E-state index in [1.165, 1.54) is 0 Å². The van der Waals surface area contributed by atoms with E-state index in [0.717, 1.165) is 0 Å². The van der Waals surface area contributed by atoms with E-state index in [1.807, 2.05) is 34.6 Å². The Morgan fingerprint density at radius 1 is 1.15 bits per heavy atom. The van der Waals surface area contributed by atoms with Crippen LogP contribution in [0.5, 0.6) is 0 Å². The average Bonchev–Trinajstić information content (AvgIpc) is 2.82. The van der Waals surface area contributed by atoms with Gasteiger partial charge in [0.1, 0.15) is 5.60 Å². The highest BCUT2D eigenvalue weighted by atomic mass is 16.3. The molecule has 2 aliphatic carbocycles. The zero-order valence-electron chi connectivity index (χ0n) is 17.7. The van der Waals surface area contributed by atoms with Crippen molar-refractivity contribution in [3.05, 3.63) is 23.8 Å². The number of hydrogen-bond donors (Lipinski definition) is 4. The molecule has 0 heterocycles. The van der Waals surface area contributed by atoms with Crippen LogP contribution in [-0.4, -0.2) is 50.1 Å². The molecule has 0 aromatic carbocycles. The number of rotatable bonds is 4. The van der Waals surface area contributed by atoms with E-state index in [1.54, 1.807) is 19.9 Å². The van der Waals surface area contributed by atoms with Gasteiger partial charge in [0.15, 0.2) is 5.78 Å². The normalized spacial score (nSPS) is 43.5. The number of Topliss-reactive ketones (excluding diaryl/α,β-unsaturated/α-hetero) is 1. The molecule has 0 bridgehead atoms. The van der Waals surface area contributed by atoms with Crippen LogP contribution in [0.1, 0.15) is 54.9 Å². The van der Waals surface area contributed by atoms with Crippen molar-refractivity contribution in [1.29, 1.82) is 0 Å². The predicted octanol–water partition coefficient (Wildman–Crippen LogP) is 2.23. The van der Waals surface area contributed by atoms with Crippen molar-refractivity contribution < 1.29 is 25.2 Å². The topological polar surface area (TPSA) is 98.0 Å². The summed E-state index contributed by atoms with van der Waals surface area (Å²) in [5.41, 5.74) is -3.59. The first-order valence-electron chi connectivity index (χ1n) is 9.73. The summed E-state index contributed by atoms with van der Waals surface area (Å²) in [7, 11) is 0. The number of carbonyl (C=O) groups is 1. The molecule has 6 atom stereocenters. The summed E-state index contributed by atoms with van der Waals surface area (Å²) in [4.78, 5) is 12.8. The van der Waals surface area contributed by atoms with Gasteiger partial charge in [0.2, 0.25) is 0 Å². The molecule has 2 aliphatic rings. The van der Waals surface area contributed by atoms with Crippen LogP contribution >= 0.6 is 0 Å². The number of aliphatic hydroxyl groups excluding tert-OH is 2. The van der Waals surface area contributed by atoms with Crippen molar-refractivity contribution in [1.82, 2.24) is 0 Å². The maximum absolute atomic E-state index is 12.8. The standard InChI is InChI=1S/C22H36O5/c1-12(11-23)10-21(26)16(9-13(2)17(21)24)22(27)14(3)18(25)20(7,8)19(5,6)15(22)4/h9,14-16,18,23,25-27H,1,10-11H2,2-8H3/t14-,15+,16-,18-,21-,22-/m1/s1. The van der Waals surface area contributed by atoms with Crippen molar-refractivity contribution in [2.75, 3.05) is 6.61 Å². The van der Waals surface area contributed by atoms with Crippen LogP contribution in [0.3, 0.4) is 0 Å². The third-order valence-electron chi connectivity index (χ3n) is 8.30. The highest BCUT2D eigenvalue weighted by Crippen LogP contribution is 2.62. The Morgan fingerprint density at radius 3 is 2.15 bits per heavy atom. The summed E-state index contributed by atoms with van der Waals surface area (Å²) in [5.74, 6) is -2.22. The van der Waals surface area contributed by atoms with E-state index in [2.05, 4.69) is 6.58 Å². The van der Waals surface area contributed by atoms with Gasteiger partial charge in [-0.05, 0) is 34.8 Å². The molecule has 5 nitrogen and oxygen atoms in total. The van der Waals surface area contributed by atoms with Gasteiger partial charge in [-0.15, -0.1) is 0 Å². The van der Waals surface area contributed by atoms with Crippen molar-refractivity contribution in [2.24, 2.45) is 28.6 Å². The lowest BCUT2D eigenvalue weighted by Crippen LogP contribution is -2.70. The zero-order chi connectivity index (χ0) is 21.2. The van der Waals surface area contributed by atoms with Crippen LogP contribution in [0.2, 0.25) is 0 Å². The van der Waals surface area contributed by atoms with Crippen LogP contribution in [-0.2, 0) is 4.79 Å². The second-order valence-corrected chi connectivity index (χ2v) is 9.95. The highest BCUT2D eigenvalue weighted by Gasteiger charge is 2.68. The van der Waals surface area contributed by atoms with Gasteiger partial charge in [-0.1, -0.05) is 54.2 Å². The summed E-state index contributed by atoms with van der Waals surface area (Å²) in [6.07, 6.45) is 0.701. The van der Waals surface area contributed by atoms with Crippen molar-refractivity contribution in [3.8, 4) is 0 Å². The van der Waals surface area contributed by atoms with Gasteiger partial charge in [-0.25, -0.2) is 0 Å². The Labute approximate surface area is 162 Å². The maximum Gasteiger partial charge on any atom is 0.190 e. The second-order valence-electron chi connectivity index (χ2n) is 9.95. The minimum atomic E-state index is -1.88. The second kappa shape index (κ2) is 6.51. The maximum atomic E-state index is 12.8. The molecule has 1 fully saturated rings. The minimum Gasteiger partial charge on any atom is -0.392 e. The molecule has 0 aromatic heterocycles. The summed E-state index contributed by atoms with van der Waals surface area (Å²) in [6.45, 7) is 16.7. The Bertz CT molecular complexity index is 676. The van der Waals surface area contributed by atoms with Crippen LogP contribution < -0.4 is 0 Å². The van der Waals surface area contributed by atoms with E-state index in [4.69, 9.17) is 0 Å². The van der Waals surface area contributed by atoms with E-state index < -0.39 is 45.8 Å². The fourth-order valence-electron chi connectivity index (χ4n) is 5.43. The fraction of sp³-hybridized carbons (Fsp3) is 0.773. The molecule has 0 amide bonds. The lowest BCUT2D eigenvalue weighted by atomic mass is 9.44. The predicted molar refractivity (Wildman–Crippen MR) is 105 cm³/mol. The first kappa shape index (κ1) is 22.3. The van der Waals surface area contributed by atoms with E-state index >= 15 is 0 Å². The Morgan fingerprint density at radius 2 is 1.67 bits per heavy atom. The number of ketones is 1. The van der Waals surface area contributed by atoms with Gasteiger partial charge in [-0.2, -0.15) is 0 Å². The SMILES string of the molecule is C=C(CO)C[C@]1(O)C(=O)C(C)=C[C@H]1[C@@]1(O)[C@H](C)[C@@H](O)C(C)(C)C(C)(C)[C@@H]1C. The first-order valence-corrected chi connectivity index (χ1v) is 9.73. The molecular formula is C22H36O5. The molecule has 1 saturated carbocycles. The lowest BCUT2D eigenvalue weighted by Gasteiger charge is -2.64. The van der Waals surface area contributed by atoms with Crippen LogP contribution in [0.25, 0.3) is 0 Å². The molecule has 0 saturated heterocycles. The molecule has 0 aliphatic heterocycles. The van der Waals surface area contributed by atoms with Gasteiger partial charge in [0.25, 0.3) is 0 Å². The monoisotopic (exact) mass is 380 g/mol. The summed E-state index contributed by atoms with van der Waals surface area (Å²) in [5, 5.41) is 43.9. The molecule has 0 spiro atoms. The van der Waals surface area contributed by atoms with Crippen molar-refractivity contribution in [2.45, 2.75) is 72.2 Å². The summed E-state index contributed by atoms with van der Waals surface area (Å²) >= 11 is 0. The summed E-state index contributed by atoms with van der Waals surface area (Å²) in [6, 6.07) is 0. The molecule has 4 N–H and O–H groups in total. The lowest BCUT2D eigenvalue weighted by molar-refractivity contribution is -0.262. The molecule has 0 aromatic rings. The van der Waals surface area contributed by atoms with Gasteiger partial charge >= 0.3 is 0 Å². The Balaban J connectivity index is 2.65. The highest BCUT2D eigenvalue weighted by molar-refractivity contribution is 6.04. The minimum absolute atomic E-state index is 0.123. The van der Waals surface area contributed by atoms with Gasteiger partial charge < -0.3 is 20.4 Å². The quantitative estimate of drug-likeness (QED) is 0.561. The van der Waals surface area contributed by atoms with Crippen molar-refractivity contribution >= 4 is 5.78 Å². The molecule has 0 radical (unpaired) electrons. The van der Waals surface area contributed by atoms with Crippen LogP contribution in [0.4, 0.5) is 0 Å². The van der Waals surface area contributed by atoms with E-state index in [-0.39, 0.29) is 18.9 Å². The fourth-order valence-corrected chi connectivity index (χ4v) is 5.43. The van der Waals surface area contributed by atoms with E-state index in [9.17, 15) is 25.2 Å². The van der Waals surface area contributed by atoms with Gasteiger partial charge in [0, 0.05) is 18.3 Å². The molecular weight excluding hydrogens is 344 g/mol.